The summed E-state index contributed by atoms with van der Waals surface area (Å²) >= 11 is 5.98. The van der Waals surface area contributed by atoms with Crippen LogP contribution in [0.5, 0.6) is 0 Å². The van der Waals surface area contributed by atoms with Crippen molar-refractivity contribution in [1.29, 1.82) is 0 Å². The second-order valence-electron chi connectivity index (χ2n) is 9.48. The number of sulfonamides is 1. The van der Waals surface area contributed by atoms with Crippen LogP contribution in [0.4, 0.5) is 4.39 Å². The van der Waals surface area contributed by atoms with Crippen molar-refractivity contribution >= 4 is 27.5 Å². The number of amides is 1. The van der Waals surface area contributed by atoms with Gasteiger partial charge in [-0.15, -0.1) is 0 Å². The van der Waals surface area contributed by atoms with Crippen LogP contribution in [-0.4, -0.2) is 62.8 Å². The minimum absolute atomic E-state index is 0.000392. The largest absolute Gasteiger partial charge is 0.356 e. The number of hydrogen-bond acceptors (Lipinski definition) is 4. The van der Waals surface area contributed by atoms with E-state index in [0.29, 0.717) is 19.4 Å². The predicted molar refractivity (Wildman–Crippen MR) is 125 cm³/mol. The van der Waals surface area contributed by atoms with E-state index in [1.807, 2.05) is 0 Å². The normalized spacial score (nSPS) is 23.9. The Bertz CT molecular complexity index is 860. The SMILES string of the molecule is C[C@@H]1C[C@H](C)CN(CCCNC(=O)C2CCN(S(=O)(=O)Cc3c(F)cccc3Cl)CC2)C1. The number of hydrogen-bond donors (Lipinski definition) is 1. The number of halogens is 2. The van der Waals surface area contributed by atoms with Gasteiger partial charge in [0.05, 0.1) is 5.75 Å². The molecule has 1 N–H and O–H groups in total. The lowest BCUT2D eigenvalue weighted by molar-refractivity contribution is -0.126. The molecule has 2 aliphatic rings. The van der Waals surface area contributed by atoms with Crippen LogP contribution in [0.25, 0.3) is 0 Å². The fourth-order valence-corrected chi connectivity index (χ4v) is 6.89. The number of carbonyl (C=O) groups is 1. The van der Waals surface area contributed by atoms with Crippen LogP contribution in [0, 0.1) is 23.6 Å². The molecular weight excluding hydrogens is 453 g/mol. The summed E-state index contributed by atoms with van der Waals surface area (Å²) in [4.78, 5) is 15.0. The summed E-state index contributed by atoms with van der Waals surface area (Å²) < 4.78 is 40.8. The Kier molecular flexibility index (Phi) is 8.95. The molecule has 0 radical (unpaired) electrons. The Labute approximate surface area is 196 Å². The third kappa shape index (κ3) is 6.89. The third-order valence-corrected chi connectivity index (χ3v) is 8.66. The van der Waals surface area contributed by atoms with E-state index >= 15 is 0 Å². The second kappa shape index (κ2) is 11.3. The van der Waals surface area contributed by atoms with Gasteiger partial charge < -0.3 is 10.2 Å². The van der Waals surface area contributed by atoms with Gasteiger partial charge in [0.2, 0.25) is 15.9 Å². The molecule has 3 rings (SSSR count). The highest BCUT2D eigenvalue weighted by Gasteiger charge is 2.32. The zero-order valence-electron chi connectivity index (χ0n) is 19.0. The molecule has 180 valence electrons. The van der Waals surface area contributed by atoms with Gasteiger partial charge in [0.15, 0.2) is 0 Å². The minimum Gasteiger partial charge on any atom is -0.356 e. The molecule has 1 aromatic rings. The van der Waals surface area contributed by atoms with Crippen LogP contribution in [0.3, 0.4) is 0 Å². The van der Waals surface area contributed by atoms with Crippen molar-refractivity contribution < 1.29 is 17.6 Å². The van der Waals surface area contributed by atoms with Crippen molar-refractivity contribution in [2.45, 2.75) is 45.3 Å². The maximum absolute atomic E-state index is 14.0. The average Bonchev–Trinajstić information content (AvgIpc) is 2.73. The number of benzene rings is 1. The Hall–Kier alpha value is -1.22. The fraction of sp³-hybridized carbons (Fsp3) is 0.696. The van der Waals surface area contributed by atoms with E-state index in [1.165, 1.54) is 28.9 Å². The summed E-state index contributed by atoms with van der Waals surface area (Å²) in [6.45, 7) is 9.00. The Morgan fingerprint density at radius 1 is 1.19 bits per heavy atom. The summed E-state index contributed by atoms with van der Waals surface area (Å²) in [7, 11) is -3.70. The number of rotatable bonds is 8. The molecule has 2 saturated heterocycles. The summed E-state index contributed by atoms with van der Waals surface area (Å²) in [6.07, 6.45) is 3.14. The van der Waals surface area contributed by atoms with Gasteiger partial charge in [-0.3, -0.25) is 4.79 Å². The van der Waals surface area contributed by atoms with Crippen molar-refractivity contribution in [2.75, 3.05) is 39.3 Å². The number of likely N-dealkylation sites (tertiary alicyclic amines) is 1. The summed E-state index contributed by atoms with van der Waals surface area (Å²) in [5.74, 6) is 0.175. The number of nitrogens with zero attached hydrogens (tertiary/aromatic N) is 2. The molecule has 2 heterocycles. The lowest BCUT2D eigenvalue weighted by atomic mass is 9.92. The molecule has 2 atom stereocenters. The maximum atomic E-state index is 14.0. The van der Waals surface area contributed by atoms with Gasteiger partial charge in [-0.05, 0) is 56.2 Å². The van der Waals surface area contributed by atoms with Gasteiger partial charge in [-0.25, -0.2) is 17.1 Å². The molecule has 0 unspecified atom stereocenters. The van der Waals surface area contributed by atoms with Crippen LogP contribution in [0.1, 0.15) is 45.1 Å². The summed E-state index contributed by atoms with van der Waals surface area (Å²) in [6, 6.07) is 4.14. The Morgan fingerprint density at radius 3 is 2.47 bits per heavy atom. The third-order valence-electron chi connectivity index (χ3n) is 6.50. The first-order valence-electron chi connectivity index (χ1n) is 11.6. The molecule has 2 fully saturated rings. The van der Waals surface area contributed by atoms with Crippen molar-refractivity contribution in [2.24, 2.45) is 17.8 Å². The first-order chi connectivity index (χ1) is 15.2. The number of piperidine rings is 2. The predicted octanol–water partition coefficient (Wildman–Crippen LogP) is 3.51. The first-order valence-corrected chi connectivity index (χ1v) is 13.5. The van der Waals surface area contributed by atoms with Gasteiger partial charge in [0.1, 0.15) is 5.82 Å². The lowest BCUT2D eigenvalue weighted by Crippen LogP contribution is -2.44. The molecule has 0 aliphatic carbocycles. The van der Waals surface area contributed by atoms with Crippen LogP contribution >= 0.6 is 11.6 Å². The fourth-order valence-electron chi connectivity index (χ4n) is 4.97. The van der Waals surface area contributed by atoms with Crippen LogP contribution in [-0.2, 0) is 20.6 Å². The minimum atomic E-state index is -3.70. The van der Waals surface area contributed by atoms with Crippen molar-refractivity contribution in [1.82, 2.24) is 14.5 Å². The molecule has 32 heavy (non-hydrogen) atoms. The highest BCUT2D eigenvalue weighted by molar-refractivity contribution is 7.88. The zero-order valence-corrected chi connectivity index (χ0v) is 20.6. The average molecular weight is 488 g/mol. The number of nitrogens with one attached hydrogen (secondary N) is 1. The van der Waals surface area contributed by atoms with Gasteiger partial charge in [-0.1, -0.05) is 31.5 Å². The van der Waals surface area contributed by atoms with E-state index in [-0.39, 0.29) is 35.5 Å². The molecule has 0 aromatic heterocycles. The quantitative estimate of drug-likeness (QED) is 0.570. The molecule has 0 saturated carbocycles. The van der Waals surface area contributed by atoms with Gasteiger partial charge in [0.25, 0.3) is 0 Å². The molecule has 0 spiro atoms. The van der Waals surface area contributed by atoms with Crippen molar-refractivity contribution in [3.8, 4) is 0 Å². The zero-order chi connectivity index (χ0) is 23.3. The van der Waals surface area contributed by atoms with E-state index in [0.717, 1.165) is 37.9 Å². The summed E-state index contributed by atoms with van der Waals surface area (Å²) in [5, 5.41) is 3.13. The van der Waals surface area contributed by atoms with Crippen LogP contribution in [0.15, 0.2) is 18.2 Å². The standard InChI is InChI=1S/C23H35ClFN3O3S/c1-17-13-18(2)15-27(14-17)10-4-9-26-23(29)19-7-11-28(12-8-19)32(30,31)16-20-21(24)5-3-6-22(20)25/h3,5-6,17-19H,4,7-16H2,1-2H3,(H,26,29)/t17-,18+. The molecular formula is C23H35ClFN3O3S. The number of carbonyl (C=O) groups excluding carboxylic acids is 1. The van der Waals surface area contributed by atoms with Gasteiger partial charge >= 0.3 is 0 Å². The smallest absolute Gasteiger partial charge is 0.223 e. The highest BCUT2D eigenvalue weighted by Crippen LogP contribution is 2.26. The molecule has 9 heteroatoms. The molecule has 1 amide bonds. The van der Waals surface area contributed by atoms with Crippen molar-refractivity contribution in [3.63, 3.8) is 0 Å². The molecule has 1 aromatic carbocycles. The molecule has 2 aliphatic heterocycles. The second-order valence-corrected chi connectivity index (χ2v) is 11.9. The van der Waals surface area contributed by atoms with Gasteiger partial charge in [-0.2, -0.15) is 0 Å². The first kappa shape index (κ1) is 25.4. The van der Waals surface area contributed by atoms with Crippen LogP contribution in [0.2, 0.25) is 5.02 Å². The molecule has 6 nitrogen and oxygen atoms in total. The van der Waals surface area contributed by atoms with Crippen molar-refractivity contribution in [3.05, 3.63) is 34.6 Å². The van der Waals surface area contributed by atoms with Crippen LogP contribution < -0.4 is 5.32 Å². The van der Waals surface area contributed by atoms with E-state index in [1.54, 1.807) is 0 Å². The Morgan fingerprint density at radius 2 is 1.84 bits per heavy atom. The molecule has 0 bridgehead atoms. The monoisotopic (exact) mass is 487 g/mol. The van der Waals surface area contributed by atoms with E-state index in [2.05, 4.69) is 24.1 Å². The highest BCUT2D eigenvalue weighted by atomic mass is 35.5. The van der Waals surface area contributed by atoms with E-state index in [9.17, 15) is 17.6 Å². The topological polar surface area (TPSA) is 69.7 Å². The summed E-state index contributed by atoms with van der Waals surface area (Å²) in [5.41, 5.74) is -0.00785. The van der Waals surface area contributed by atoms with Gasteiger partial charge in [0, 0.05) is 49.2 Å². The maximum Gasteiger partial charge on any atom is 0.223 e. The Balaban J connectivity index is 1.40. The van der Waals surface area contributed by atoms with E-state index in [4.69, 9.17) is 11.6 Å². The lowest BCUT2D eigenvalue weighted by Gasteiger charge is -2.35. The van der Waals surface area contributed by atoms with E-state index < -0.39 is 21.6 Å².